The summed E-state index contributed by atoms with van der Waals surface area (Å²) in [5.74, 6) is 1.79. The van der Waals surface area contributed by atoms with Crippen LogP contribution in [0, 0.1) is 11.8 Å². The maximum absolute atomic E-state index is 12.5. The predicted molar refractivity (Wildman–Crippen MR) is 74.4 cm³/mol. The van der Waals surface area contributed by atoms with E-state index in [4.69, 9.17) is 0 Å². The van der Waals surface area contributed by atoms with E-state index in [1.54, 1.807) is 0 Å². The average Bonchev–Trinajstić information content (AvgIpc) is 2.84. The summed E-state index contributed by atoms with van der Waals surface area (Å²) in [5.41, 5.74) is -0.272. The molecule has 0 aromatic carbocycles. The number of nitrogens with one attached hydrogen (secondary N) is 2. The van der Waals surface area contributed by atoms with Gasteiger partial charge in [-0.3, -0.25) is 4.79 Å². The van der Waals surface area contributed by atoms with Crippen LogP contribution in [-0.2, 0) is 4.79 Å². The Bertz CT molecular complexity index is 297. The Hall–Kier alpha value is -0.570. The summed E-state index contributed by atoms with van der Waals surface area (Å²) in [6, 6.07) is 0.398. The molecule has 0 radical (unpaired) electrons. The van der Waals surface area contributed by atoms with Crippen molar-refractivity contribution in [1.29, 1.82) is 0 Å². The summed E-state index contributed by atoms with van der Waals surface area (Å²) >= 11 is 0. The fourth-order valence-corrected chi connectivity index (χ4v) is 3.46. The van der Waals surface area contributed by atoms with Gasteiger partial charge in [-0.15, -0.1) is 0 Å². The minimum Gasteiger partial charge on any atom is -0.352 e. The summed E-state index contributed by atoms with van der Waals surface area (Å²) in [6.45, 7) is 7.74. The molecule has 0 aromatic heterocycles. The fraction of sp³-hybridized carbons (Fsp3) is 0.933. The van der Waals surface area contributed by atoms with Crippen LogP contribution >= 0.6 is 0 Å². The summed E-state index contributed by atoms with van der Waals surface area (Å²) in [6.07, 6.45) is 6.56. The van der Waals surface area contributed by atoms with Gasteiger partial charge in [0.05, 0.1) is 5.54 Å². The number of amides is 1. The first-order chi connectivity index (χ1) is 8.57. The molecule has 3 heteroatoms. The molecule has 18 heavy (non-hydrogen) atoms. The van der Waals surface area contributed by atoms with Gasteiger partial charge in [0.25, 0.3) is 0 Å². The lowest BCUT2D eigenvalue weighted by Gasteiger charge is -2.35. The third kappa shape index (κ3) is 2.71. The zero-order valence-electron chi connectivity index (χ0n) is 12.1. The molecule has 0 bridgehead atoms. The molecule has 4 atom stereocenters. The van der Waals surface area contributed by atoms with Crippen LogP contribution in [0.5, 0.6) is 0 Å². The van der Waals surface area contributed by atoms with Crippen molar-refractivity contribution in [2.45, 2.75) is 70.9 Å². The van der Waals surface area contributed by atoms with Gasteiger partial charge in [-0.05, 0) is 56.9 Å². The third-order valence-electron chi connectivity index (χ3n) is 5.22. The molecule has 2 fully saturated rings. The Kier molecular flexibility index (Phi) is 4.31. The smallest absolute Gasteiger partial charge is 0.240 e. The van der Waals surface area contributed by atoms with Crippen molar-refractivity contribution < 1.29 is 4.79 Å². The van der Waals surface area contributed by atoms with E-state index in [1.165, 1.54) is 6.42 Å². The van der Waals surface area contributed by atoms with Crippen LogP contribution in [0.3, 0.4) is 0 Å². The van der Waals surface area contributed by atoms with Crippen LogP contribution in [0.2, 0.25) is 0 Å². The van der Waals surface area contributed by atoms with Gasteiger partial charge in [0.2, 0.25) is 5.91 Å². The molecule has 1 aliphatic carbocycles. The lowest BCUT2D eigenvalue weighted by molar-refractivity contribution is -0.128. The second-order valence-electron chi connectivity index (χ2n) is 6.40. The van der Waals surface area contributed by atoms with Crippen molar-refractivity contribution in [2.75, 3.05) is 6.54 Å². The molecule has 0 aromatic rings. The first-order valence-corrected chi connectivity index (χ1v) is 7.63. The highest BCUT2D eigenvalue weighted by Crippen LogP contribution is 2.30. The first kappa shape index (κ1) is 13.9. The van der Waals surface area contributed by atoms with E-state index in [2.05, 4.69) is 31.4 Å². The third-order valence-corrected chi connectivity index (χ3v) is 5.22. The molecule has 0 spiro atoms. The van der Waals surface area contributed by atoms with Gasteiger partial charge in [-0.25, -0.2) is 0 Å². The standard InChI is InChI=1S/C15H28N2O/c1-4-15(8-5-9-16-15)14(18)17-13-7-6-11(2)12(3)10-13/h11-13,16H,4-10H2,1-3H3,(H,17,18). The van der Waals surface area contributed by atoms with Gasteiger partial charge in [0, 0.05) is 6.04 Å². The molecule has 2 rings (SSSR count). The van der Waals surface area contributed by atoms with Crippen molar-refractivity contribution in [1.82, 2.24) is 10.6 Å². The molecular weight excluding hydrogens is 224 g/mol. The molecule has 1 amide bonds. The molecule has 1 aliphatic heterocycles. The number of hydrogen-bond acceptors (Lipinski definition) is 2. The maximum atomic E-state index is 12.5. The van der Waals surface area contributed by atoms with Gasteiger partial charge in [-0.1, -0.05) is 20.8 Å². The molecule has 2 aliphatic rings. The molecule has 1 saturated carbocycles. The largest absolute Gasteiger partial charge is 0.352 e. The van der Waals surface area contributed by atoms with Crippen LogP contribution in [0.4, 0.5) is 0 Å². The Morgan fingerprint density at radius 2 is 2.11 bits per heavy atom. The zero-order valence-corrected chi connectivity index (χ0v) is 12.1. The van der Waals surface area contributed by atoms with Gasteiger partial charge in [-0.2, -0.15) is 0 Å². The number of rotatable bonds is 3. The molecule has 1 saturated heterocycles. The van der Waals surface area contributed by atoms with Crippen molar-refractivity contribution in [3.8, 4) is 0 Å². The number of hydrogen-bond donors (Lipinski definition) is 2. The van der Waals surface area contributed by atoms with Crippen molar-refractivity contribution in [2.24, 2.45) is 11.8 Å². The normalized spacial score (nSPS) is 40.7. The van der Waals surface area contributed by atoms with Gasteiger partial charge >= 0.3 is 0 Å². The van der Waals surface area contributed by atoms with Crippen molar-refractivity contribution >= 4 is 5.91 Å². The minimum atomic E-state index is -0.272. The molecule has 104 valence electrons. The first-order valence-electron chi connectivity index (χ1n) is 7.63. The Morgan fingerprint density at radius 3 is 2.67 bits per heavy atom. The molecule has 4 unspecified atom stereocenters. The average molecular weight is 252 g/mol. The zero-order chi connectivity index (χ0) is 13.2. The van der Waals surface area contributed by atoms with Gasteiger partial charge in [0.1, 0.15) is 0 Å². The molecule has 1 heterocycles. The number of carbonyl (C=O) groups excluding carboxylic acids is 1. The van der Waals surface area contributed by atoms with Gasteiger partial charge < -0.3 is 10.6 Å². The van der Waals surface area contributed by atoms with Crippen LogP contribution in [0.15, 0.2) is 0 Å². The molecular formula is C15H28N2O. The van der Waals surface area contributed by atoms with E-state index in [9.17, 15) is 4.79 Å². The summed E-state index contributed by atoms with van der Waals surface area (Å²) in [7, 11) is 0. The Morgan fingerprint density at radius 1 is 1.33 bits per heavy atom. The minimum absolute atomic E-state index is 0.245. The van der Waals surface area contributed by atoms with E-state index in [0.717, 1.165) is 50.5 Å². The van der Waals surface area contributed by atoms with Crippen molar-refractivity contribution in [3.05, 3.63) is 0 Å². The second-order valence-corrected chi connectivity index (χ2v) is 6.40. The van der Waals surface area contributed by atoms with E-state index >= 15 is 0 Å². The Labute approximate surface area is 111 Å². The highest BCUT2D eigenvalue weighted by Gasteiger charge is 2.40. The lowest BCUT2D eigenvalue weighted by Crippen LogP contribution is -2.56. The highest BCUT2D eigenvalue weighted by molar-refractivity contribution is 5.86. The molecule has 3 nitrogen and oxygen atoms in total. The maximum Gasteiger partial charge on any atom is 0.240 e. The van der Waals surface area contributed by atoms with E-state index < -0.39 is 0 Å². The number of carbonyl (C=O) groups is 1. The van der Waals surface area contributed by atoms with Crippen LogP contribution in [0.1, 0.15) is 59.3 Å². The summed E-state index contributed by atoms with van der Waals surface area (Å²) < 4.78 is 0. The molecule has 2 N–H and O–H groups in total. The van der Waals surface area contributed by atoms with Crippen LogP contribution in [0.25, 0.3) is 0 Å². The predicted octanol–water partition coefficient (Wildman–Crippen LogP) is 2.46. The summed E-state index contributed by atoms with van der Waals surface area (Å²) in [4.78, 5) is 12.5. The quantitative estimate of drug-likeness (QED) is 0.810. The highest BCUT2D eigenvalue weighted by atomic mass is 16.2. The van der Waals surface area contributed by atoms with Crippen LogP contribution < -0.4 is 10.6 Å². The monoisotopic (exact) mass is 252 g/mol. The SMILES string of the molecule is CCC1(C(=O)NC2CCC(C)C(C)C2)CCCN1. The topological polar surface area (TPSA) is 41.1 Å². The van der Waals surface area contributed by atoms with E-state index in [1.807, 2.05) is 0 Å². The Balaban J connectivity index is 1.91. The summed E-state index contributed by atoms with van der Waals surface area (Å²) in [5, 5.41) is 6.72. The van der Waals surface area contributed by atoms with E-state index in [-0.39, 0.29) is 11.4 Å². The lowest BCUT2D eigenvalue weighted by atomic mass is 9.79. The fourth-order valence-electron chi connectivity index (χ4n) is 3.46. The second kappa shape index (κ2) is 5.60. The van der Waals surface area contributed by atoms with Crippen LogP contribution in [-0.4, -0.2) is 24.0 Å². The van der Waals surface area contributed by atoms with Crippen molar-refractivity contribution in [3.63, 3.8) is 0 Å². The van der Waals surface area contributed by atoms with E-state index in [0.29, 0.717) is 6.04 Å². The van der Waals surface area contributed by atoms with Gasteiger partial charge in [0.15, 0.2) is 0 Å².